The van der Waals surface area contributed by atoms with Crippen molar-refractivity contribution in [3.8, 4) is 0 Å². The Morgan fingerprint density at radius 3 is 2.26 bits per heavy atom. The van der Waals surface area contributed by atoms with Crippen molar-refractivity contribution in [1.82, 2.24) is 4.90 Å². The fraction of sp³-hybridized carbons (Fsp3) is 0.600. The first-order chi connectivity index (χ1) is 12.4. The monoisotopic (exact) mass is 385 g/mol. The summed E-state index contributed by atoms with van der Waals surface area (Å²) in [6, 6.07) is 8.83. The number of ether oxygens (including phenoxy) is 2. The van der Waals surface area contributed by atoms with Crippen molar-refractivity contribution in [2.24, 2.45) is 5.92 Å². The predicted molar refractivity (Wildman–Crippen MR) is 98.4 cm³/mol. The van der Waals surface area contributed by atoms with Crippen molar-refractivity contribution in [3.63, 3.8) is 0 Å². The van der Waals surface area contributed by atoms with Gasteiger partial charge in [0, 0.05) is 13.0 Å². The van der Waals surface area contributed by atoms with Crippen LogP contribution in [0.2, 0.25) is 0 Å². The minimum atomic E-state index is -3.27. The maximum atomic E-state index is 14.6. The Labute approximate surface area is 159 Å². The standard InChI is InChI=1S/C20H29F2NO4/c1-6-26-17(24)15(2)12-20(21,22)14-23(18(25)27-19(3,4)5)13-16-10-8-7-9-11-16/h7-11,15H,6,12-14H2,1-5H3/t15-/m1/s1. The van der Waals surface area contributed by atoms with Gasteiger partial charge in [-0.15, -0.1) is 0 Å². The van der Waals surface area contributed by atoms with Gasteiger partial charge in [-0.1, -0.05) is 37.3 Å². The van der Waals surface area contributed by atoms with E-state index in [-0.39, 0.29) is 13.2 Å². The third kappa shape index (κ3) is 8.84. The average Bonchev–Trinajstić information content (AvgIpc) is 2.53. The predicted octanol–water partition coefficient (Wildman–Crippen LogP) is 4.65. The number of amides is 1. The molecule has 1 aromatic rings. The number of rotatable bonds is 8. The van der Waals surface area contributed by atoms with E-state index in [9.17, 15) is 18.4 Å². The summed E-state index contributed by atoms with van der Waals surface area (Å²) in [6.07, 6.45) is -1.53. The highest BCUT2D eigenvalue weighted by atomic mass is 19.3. The highest BCUT2D eigenvalue weighted by Crippen LogP contribution is 2.27. The quantitative estimate of drug-likeness (QED) is 0.612. The summed E-state index contributed by atoms with van der Waals surface area (Å²) in [5, 5.41) is 0. The molecule has 0 aliphatic heterocycles. The first-order valence-corrected chi connectivity index (χ1v) is 9.00. The first-order valence-electron chi connectivity index (χ1n) is 9.00. The lowest BCUT2D eigenvalue weighted by atomic mass is 10.0. The largest absolute Gasteiger partial charge is 0.466 e. The molecule has 0 spiro atoms. The summed E-state index contributed by atoms with van der Waals surface area (Å²) in [4.78, 5) is 25.1. The van der Waals surface area contributed by atoms with Gasteiger partial charge < -0.3 is 9.47 Å². The molecule has 0 radical (unpaired) electrons. The Morgan fingerprint density at radius 2 is 1.74 bits per heavy atom. The molecule has 5 nitrogen and oxygen atoms in total. The second-order valence-electron chi connectivity index (χ2n) is 7.54. The summed E-state index contributed by atoms with van der Waals surface area (Å²) in [5.74, 6) is -4.92. The van der Waals surface area contributed by atoms with Gasteiger partial charge in [0.25, 0.3) is 5.92 Å². The molecular formula is C20H29F2NO4. The Bertz CT molecular complexity index is 614. The lowest BCUT2D eigenvalue weighted by Gasteiger charge is -2.31. The lowest BCUT2D eigenvalue weighted by molar-refractivity contribution is -0.151. The van der Waals surface area contributed by atoms with Crippen LogP contribution in [-0.4, -0.2) is 41.6 Å². The molecule has 1 atom stereocenters. The molecule has 0 saturated carbocycles. The number of carbonyl (C=O) groups is 2. The van der Waals surface area contributed by atoms with Crippen LogP contribution in [0.1, 0.15) is 46.6 Å². The second-order valence-corrected chi connectivity index (χ2v) is 7.54. The molecule has 0 heterocycles. The zero-order valence-corrected chi connectivity index (χ0v) is 16.6. The van der Waals surface area contributed by atoms with E-state index in [4.69, 9.17) is 9.47 Å². The van der Waals surface area contributed by atoms with Crippen LogP contribution >= 0.6 is 0 Å². The van der Waals surface area contributed by atoms with Crippen LogP contribution in [-0.2, 0) is 20.8 Å². The van der Waals surface area contributed by atoms with E-state index in [1.807, 2.05) is 0 Å². The van der Waals surface area contributed by atoms with Crippen LogP contribution in [0.5, 0.6) is 0 Å². The van der Waals surface area contributed by atoms with Gasteiger partial charge in [0.1, 0.15) is 5.60 Å². The van der Waals surface area contributed by atoms with Crippen LogP contribution in [0.3, 0.4) is 0 Å². The SMILES string of the molecule is CCOC(=O)[C@H](C)CC(F)(F)CN(Cc1ccccc1)C(=O)OC(C)(C)C. The minimum absolute atomic E-state index is 0.0148. The summed E-state index contributed by atoms with van der Waals surface area (Å²) in [7, 11) is 0. The van der Waals surface area contributed by atoms with Crippen LogP contribution in [0.4, 0.5) is 13.6 Å². The molecule has 0 saturated heterocycles. The Balaban J connectivity index is 2.90. The van der Waals surface area contributed by atoms with Crippen molar-refractivity contribution in [2.75, 3.05) is 13.2 Å². The molecule has 0 unspecified atom stereocenters. The zero-order valence-electron chi connectivity index (χ0n) is 16.6. The van der Waals surface area contributed by atoms with E-state index in [1.54, 1.807) is 58.0 Å². The third-order valence-electron chi connectivity index (χ3n) is 3.58. The Morgan fingerprint density at radius 1 is 1.15 bits per heavy atom. The number of nitrogens with zero attached hydrogens (tertiary/aromatic N) is 1. The molecule has 0 N–H and O–H groups in total. The van der Waals surface area contributed by atoms with Crippen LogP contribution < -0.4 is 0 Å². The van der Waals surface area contributed by atoms with E-state index in [0.717, 1.165) is 4.90 Å². The van der Waals surface area contributed by atoms with Gasteiger partial charge in [0.05, 0.1) is 19.1 Å². The van der Waals surface area contributed by atoms with Gasteiger partial charge in [0.15, 0.2) is 0 Å². The van der Waals surface area contributed by atoms with Gasteiger partial charge in [-0.3, -0.25) is 9.69 Å². The van der Waals surface area contributed by atoms with Crippen molar-refractivity contribution >= 4 is 12.1 Å². The Kier molecular flexibility index (Phi) is 8.19. The number of benzene rings is 1. The smallest absolute Gasteiger partial charge is 0.410 e. The molecule has 0 aliphatic carbocycles. The molecule has 0 bridgehead atoms. The number of halogens is 2. The van der Waals surface area contributed by atoms with Gasteiger partial charge >= 0.3 is 12.1 Å². The van der Waals surface area contributed by atoms with Crippen LogP contribution in [0, 0.1) is 5.92 Å². The van der Waals surface area contributed by atoms with Gasteiger partial charge in [-0.05, 0) is 33.3 Å². The van der Waals surface area contributed by atoms with Crippen LogP contribution in [0.15, 0.2) is 30.3 Å². The molecule has 152 valence electrons. The number of carbonyl (C=O) groups excluding carboxylic acids is 2. The fourth-order valence-electron chi connectivity index (χ4n) is 2.47. The van der Waals surface area contributed by atoms with Crippen LogP contribution in [0.25, 0.3) is 0 Å². The number of hydrogen-bond acceptors (Lipinski definition) is 4. The minimum Gasteiger partial charge on any atom is -0.466 e. The highest BCUT2D eigenvalue weighted by molar-refractivity contribution is 5.72. The first kappa shape index (κ1) is 22.9. The molecule has 1 aromatic carbocycles. The zero-order chi connectivity index (χ0) is 20.7. The molecule has 0 aliphatic rings. The van der Waals surface area contributed by atoms with Crippen molar-refractivity contribution in [1.29, 1.82) is 0 Å². The average molecular weight is 385 g/mol. The summed E-state index contributed by atoms with van der Waals surface area (Å²) in [6.45, 7) is 7.30. The molecule has 0 fully saturated rings. The van der Waals surface area contributed by atoms with Gasteiger partial charge in [-0.25, -0.2) is 13.6 Å². The number of alkyl halides is 2. The van der Waals surface area contributed by atoms with Crippen molar-refractivity contribution in [2.45, 2.75) is 59.1 Å². The maximum absolute atomic E-state index is 14.6. The molecule has 27 heavy (non-hydrogen) atoms. The highest BCUT2D eigenvalue weighted by Gasteiger charge is 2.38. The molecule has 0 aromatic heterocycles. The van der Waals surface area contributed by atoms with Gasteiger partial charge in [-0.2, -0.15) is 0 Å². The van der Waals surface area contributed by atoms with E-state index in [1.165, 1.54) is 6.92 Å². The topological polar surface area (TPSA) is 55.8 Å². The van der Waals surface area contributed by atoms with E-state index < -0.39 is 42.5 Å². The summed E-state index contributed by atoms with van der Waals surface area (Å²) in [5.41, 5.74) is -0.0999. The maximum Gasteiger partial charge on any atom is 0.410 e. The molecule has 7 heteroatoms. The van der Waals surface area contributed by atoms with E-state index in [2.05, 4.69) is 0 Å². The summed E-state index contributed by atoms with van der Waals surface area (Å²) < 4.78 is 39.2. The lowest BCUT2D eigenvalue weighted by Crippen LogP contribution is -2.44. The summed E-state index contributed by atoms with van der Waals surface area (Å²) >= 11 is 0. The molecular weight excluding hydrogens is 356 g/mol. The number of hydrogen-bond donors (Lipinski definition) is 0. The fourth-order valence-corrected chi connectivity index (χ4v) is 2.47. The molecule has 1 rings (SSSR count). The van der Waals surface area contributed by atoms with Gasteiger partial charge in [0.2, 0.25) is 0 Å². The molecule has 1 amide bonds. The van der Waals surface area contributed by atoms with Crippen molar-refractivity contribution < 1.29 is 27.8 Å². The second kappa shape index (κ2) is 9.67. The van der Waals surface area contributed by atoms with E-state index in [0.29, 0.717) is 5.56 Å². The normalized spacial score (nSPS) is 13.0. The Hall–Kier alpha value is -2.18. The van der Waals surface area contributed by atoms with Crippen molar-refractivity contribution in [3.05, 3.63) is 35.9 Å². The third-order valence-corrected chi connectivity index (χ3v) is 3.58. The van der Waals surface area contributed by atoms with E-state index >= 15 is 0 Å². The number of esters is 1.